The first-order chi connectivity index (χ1) is 7.50. The molecule has 0 spiro atoms. The molecule has 88 valence electrons. The molecule has 1 N–H and O–H groups in total. The highest BCUT2D eigenvalue weighted by atomic mass is 16.3. The molecule has 0 unspecified atom stereocenters. The second kappa shape index (κ2) is 5.12. The minimum Gasteiger partial charge on any atom is -0.395 e. The van der Waals surface area contributed by atoms with E-state index in [4.69, 9.17) is 5.11 Å². The van der Waals surface area contributed by atoms with E-state index in [0.717, 1.165) is 5.56 Å². The SMILES string of the molecule is CN(CCO)C(=O)C(C)(C)c1ccccc1. The predicted molar refractivity (Wildman–Crippen MR) is 64.2 cm³/mol. The van der Waals surface area contributed by atoms with Gasteiger partial charge in [-0.3, -0.25) is 4.79 Å². The lowest BCUT2D eigenvalue weighted by Crippen LogP contribution is -2.42. The van der Waals surface area contributed by atoms with E-state index < -0.39 is 5.41 Å². The van der Waals surface area contributed by atoms with Crippen LogP contribution in [-0.2, 0) is 10.2 Å². The van der Waals surface area contributed by atoms with Crippen molar-refractivity contribution in [2.75, 3.05) is 20.2 Å². The van der Waals surface area contributed by atoms with Crippen molar-refractivity contribution in [2.24, 2.45) is 0 Å². The first-order valence-corrected chi connectivity index (χ1v) is 5.42. The fourth-order valence-corrected chi connectivity index (χ4v) is 1.71. The van der Waals surface area contributed by atoms with Crippen LogP contribution < -0.4 is 0 Å². The lowest BCUT2D eigenvalue weighted by molar-refractivity contribution is -0.135. The van der Waals surface area contributed by atoms with Gasteiger partial charge in [0.1, 0.15) is 0 Å². The van der Waals surface area contributed by atoms with Crippen LogP contribution in [0.2, 0.25) is 0 Å². The van der Waals surface area contributed by atoms with Gasteiger partial charge in [0.2, 0.25) is 5.91 Å². The van der Waals surface area contributed by atoms with Crippen LogP contribution in [0.15, 0.2) is 30.3 Å². The zero-order chi connectivity index (χ0) is 12.2. The highest BCUT2D eigenvalue weighted by molar-refractivity contribution is 5.87. The van der Waals surface area contributed by atoms with E-state index in [2.05, 4.69) is 0 Å². The number of carbonyl (C=O) groups is 1. The first kappa shape index (κ1) is 12.7. The molecule has 1 rings (SSSR count). The highest BCUT2D eigenvalue weighted by Gasteiger charge is 2.31. The third-order valence-electron chi connectivity index (χ3n) is 2.81. The zero-order valence-corrected chi connectivity index (χ0v) is 10.1. The van der Waals surface area contributed by atoms with E-state index in [1.54, 1.807) is 11.9 Å². The van der Waals surface area contributed by atoms with E-state index in [1.165, 1.54) is 0 Å². The summed E-state index contributed by atoms with van der Waals surface area (Å²) in [5.74, 6) is 0.0211. The van der Waals surface area contributed by atoms with E-state index >= 15 is 0 Å². The summed E-state index contributed by atoms with van der Waals surface area (Å²) >= 11 is 0. The van der Waals surface area contributed by atoms with Crippen molar-refractivity contribution in [1.29, 1.82) is 0 Å². The normalized spacial score (nSPS) is 11.2. The molecular weight excluding hydrogens is 202 g/mol. The maximum Gasteiger partial charge on any atom is 0.232 e. The molecule has 1 aromatic carbocycles. The minimum absolute atomic E-state index is 0.00684. The van der Waals surface area contributed by atoms with E-state index in [0.29, 0.717) is 6.54 Å². The van der Waals surface area contributed by atoms with Crippen LogP contribution in [0, 0.1) is 0 Å². The second-order valence-corrected chi connectivity index (χ2v) is 4.44. The molecule has 0 saturated heterocycles. The average molecular weight is 221 g/mol. The minimum atomic E-state index is -0.550. The Labute approximate surface area is 96.7 Å². The van der Waals surface area contributed by atoms with Gasteiger partial charge in [-0.25, -0.2) is 0 Å². The standard InChI is InChI=1S/C13H19NO2/c1-13(2,11-7-5-4-6-8-11)12(16)14(3)9-10-15/h4-8,15H,9-10H2,1-3H3. The molecule has 0 bridgehead atoms. The molecular formula is C13H19NO2. The second-order valence-electron chi connectivity index (χ2n) is 4.44. The summed E-state index contributed by atoms with van der Waals surface area (Å²) in [7, 11) is 1.71. The Morgan fingerprint density at radius 1 is 1.31 bits per heavy atom. The Balaban J connectivity index is 2.89. The van der Waals surface area contributed by atoms with Crippen LogP contribution in [0.5, 0.6) is 0 Å². The van der Waals surface area contributed by atoms with Crippen LogP contribution in [-0.4, -0.2) is 36.1 Å². The Morgan fingerprint density at radius 3 is 2.38 bits per heavy atom. The number of aliphatic hydroxyl groups excluding tert-OH is 1. The number of hydrogen-bond donors (Lipinski definition) is 1. The van der Waals surface area contributed by atoms with Crippen molar-refractivity contribution < 1.29 is 9.90 Å². The summed E-state index contributed by atoms with van der Waals surface area (Å²) in [6.45, 7) is 4.17. The van der Waals surface area contributed by atoms with Crippen molar-refractivity contribution >= 4 is 5.91 Å². The quantitative estimate of drug-likeness (QED) is 0.835. The topological polar surface area (TPSA) is 40.5 Å². The highest BCUT2D eigenvalue weighted by Crippen LogP contribution is 2.24. The van der Waals surface area contributed by atoms with Crippen LogP contribution in [0.25, 0.3) is 0 Å². The van der Waals surface area contributed by atoms with Gasteiger partial charge in [-0.15, -0.1) is 0 Å². The predicted octanol–water partition coefficient (Wildman–Crippen LogP) is 1.41. The van der Waals surface area contributed by atoms with Gasteiger partial charge in [0.25, 0.3) is 0 Å². The number of hydrogen-bond acceptors (Lipinski definition) is 2. The average Bonchev–Trinajstić information content (AvgIpc) is 2.29. The van der Waals surface area contributed by atoms with Crippen molar-refractivity contribution in [3.05, 3.63) is 35.9 Å². The molecule has 0 fully saturated rings. The lowest BCUT2D eigenvalue weighted by Gasteiger charge is -2.29. The van der Waals surface area contributed by atoms with Gasteiger partial charge < -0.3 is 10.0 Å². The molecule has 0 atom stereocenters. The molecule has 0 aliphatic rings. The summed E-state index contributed by atoms with van der Waals surface area (Å²) in [4.78, 5) is 13.7. The van der Waals surface area contributed by atoms with Gasteiger partial charge in [-0.2, -0.15) is 0 Å². The fraction of sp³-hybridized carbons (Fsp3) is 0.462. The summed E-state index contributed by atoms with van der Waals surface area (Å²) in [6.07, 6.45) is 0. The fourth-order valence-electron chi connectivity index (χ4n) is 1.71. The molecule has 0 saturated carbocycles. The number of carbonyl (C=O) groups excluding carboxylic acids is 1. The third-order valence-corrected chi connectivity index (χ3v) is 2.81. The third kappa shape index (κ3) is 2.61. The molecule has 0 aliphatic carbocycles. The number of likely N-dealkylation sites (N-methyl/N-ethyl adjacent to an activating group) is 1. The molecule has 3 nitrogen and oxygen atoms in total. The molecule has 16 heavy (non-hydrogen) atoms. The van der Waals surface area contributed by atoms with Crippen molar-refractivity contribution in [3.63, 3.8) is 0 Å². The van der Waals surface area contributed by atoms with Gasteiger partial charge in [-0.1, -0.05) is 30.3 Å². The maximum absolute atomic E-state index is 12.2. The van der Waals surface area contributed by atoms with Crippen molar-refractivity contribution in [3.8, 4) is 0 Å². The summed E-state index contributed by atoms with van der Waals surface area (Å²) in [5, 5.41) is 8.83. The van der Waals surface area contributed by atoms with E-state index in [9.17, 15) is 4.79 Å². The van der Waals surface area contributed by atoms with Crippen LogP contribution in [0.1, 0.15) is 19.4 Å². The molecule has 1 amide bonds. The number of benzene rings is 1. The molecule has 0 heterocycles. The van der Waals surface area contributed by atoms with Crippen LogP contribution in [0.3, 0.4) is 0 Å². The zero-order valence-electron chi connectivity index (χ0n) is 10.1. The van der Waals surface area contributed by atoms with E-state index in [1.807, 2.05) is 44.2 Å². The Hall–Kier alpha value is -1.35. The molecule has 3 heteroatoms. The lowest BCUT2D eigenvalue weighted by atomic mass is 9.83. The number of amides is 1. The van der Waals surface area contributed by atoms with Crippen LogP contribution in [0.4, 0.5) is 0 Å². The molecule has 0 aliphatic heterocycles. The summed E-state index contributed by atoms with van der Waals surface area (Å²) in [6, 6.07) is 9.68. The first-order valence-electron chi connectivity index (χ1n) is 5.42. The van der Waals surface area contributed by atoms with Gasteiger partial charge >= 0.3 is 0 Å². The van der Waals surface area contributed by atoms with Crippen molar-refractivity contribution in [1.82, 2.24) is 4.90 Å². The van der Waals surface area contributed by atoms with Crippen molar-refractivity contribution in [2.45, 2.75) is 19.3 Å². The number of nitrogens with zero attached hydrogens (tertiary/aromatic N) is 1. The van der Waals surface area contributed by atoms with Crippen LogP contribution >= 0.6 is 0 Å². The summed E-state index contributed by atoms with van der Waals surface area (Å²) in [5.41, 5.74) is 0.440. The van der Waals surface area contributed by atoms with Gasteiger partial charge in [-0.05, 0) is 19.4 Å². The Kier molecular flexibility index (Phi) is 4.07. The Bertz CT molecular complexity index is 346. The molecule has 0 radical (unpaired) electrons. The number of rotatable bonds is 4. The largest absolute Gasteiger partial charge is 0.395 e. The van der Waals surface area contributed by atoms with E-state index in [-0.39, 0.29) is 12.5 Å². The van der Waals surface area contributed by atoms with Gasteiger partial charge in [0.15, 0.2) is 0 Å². The van der Waals surface area contributed by atoms with Gasteiger partial charge in [0.05, 0.1) is 12.0 Å². The van der Waals surface area contributed by atoms with Gasteiger partial charge in [0, 0.05) is 13.6 Å². The Morgan fingerprint density at radius 2 is 1.88 bits per heavy atom. The monoisotopic (exact) mass is 221 g/mol. The number of aliphatic hydroxyl groups is 1. The molecule has 0 aromatic heterocycles. The summed E-state index contributed by atoms with van der Waals surface area (Å²) < 4.78 is 0. The molecule has 1 aromatic rings. The maximum atomic E-state index is 12.2. The smallest absolute Gasteiger partial charge is 0.232 e.